The van der Waals surface area contributed by atoms with E-state index in [4.69, 9.17) is 4.84 Å². The van der Waals surface area contributed by atoms with Crippen LogP contribution in [0.3, 0.4) is 0 Å². The van der Waals surface area contributed by atoms with Crippen molar-refractivity contribution in [3.05, 3.63) is 62.6 Å². The van der Waals surface area contributed by atoms with E-state index in [0.717, 1.165) is 4.88 Å². The summed E-state index contributed by atoms with van der Waals surface area (Å²) in [4.78, 5) is 19.2. The predicted octanol–water partition coefficient (Wildman–Crippen LogP) is 3.17. The number of fused-ring (bicyclic) bond motifs is 1. The SMILES string of the molecule is Cn1c(=O)c(C2=NO[C@@H](c3cccs3)C2)c(O)c2ccccc21. The van der Waals surface area contributed by atoms with E-state index in [1.54, 1.807) is 24.5 Å². The Hall–Kier alpha value is -2.60. The topological polar surface area (TPSA) is 63.8 Å². The van der Waals surface area contributed by atoms with Crippen LogP contribution in [0.25, 0.3) is 10.9 Å². The fraction of sp³-hybridized carbons (Fsp3) is 0.176. The third kappa shape index (κ3) is 2.14. The first-order valence-electron chi connectivity index (χ1n) is 7.24. The number of para-hydroxylation sites is 1. The van der Waals surface area contributed by atoms with Gasteiger partial charge in [-0.3, -0.25) is 4.79 Å². The van der Waals surface area contributed by atoms with Crippen molar-refractivity contribution in [2.75, 3.05) is 0 Å². The van der Waals surface area contributed by atoms with Crippen LogP contribution in [0.4, 0.5) is 0 Å². The minimum atomic E-state index is -0.268. The molecule has 1 aliphatic heterocycles. The van der Waals surface area contributed by atoms with E-state index < -0.39 is 0 Å². The van der Waals surface area contributed by atoms with Crippen LogP contribution in [0, 0.1) is 0 Å². The molecule has 0 aliphatic carbocycles. The minimum Gasteiger partial charge on any atom is -0.506 e. The van der Waals surface area contributed by atoms with Gasteiger partial charge in [0, 0.05) is 23.7 Å². The van der Waals surface area contributed by atoms with Gasteiger partial charge in [0.1, 0.15) is 17.0 Å². The Morgan fingerprint density at radius 2 is 2.13 bits per heavy atom. The van der Waals surface area contributed by atoms with Crippen molar-refractivity contribution in [3.8, 4) is 5.75 Å². The van der Waals surface area contributed by atoms with Gasteiger partial charge >= 0.3 is 0 Å². The van der Waals surface area contributed by atoms with E-state index in [0.29, 0.717) is 23.0 Å². The number of aromatic nitrogens is 1. The number of thiophene rings is 1. The lowest BCUT2D eigenvalue weighted by Crippen LogP contribution is -2.24. The highest BCUT2D eigenvalue weighted by molar-refractivity contribution is 7.10. The number of aryl methyl sites for hydroxylation is 1. The number of pyridine rings is 1. The monoisotopic (exact) mass is 326 g/mol. The molecule has 0 bridgehead atoms. The summed E-state index contributed by atoms with van der Waals surface area (Å²) < 4.78 is 1.53. The fourth-order valence-corrected chi connectivity index (χ4v) is 3.64. The summed E-state index contributed by atoms with van der Waals surface area (Å²) in [5.41, 5.74) is 1.14. The zero-order valence-electron chi connectivity index (χ0n) is 12.4. The van der Waals surface area contributed by atoms with E-state index >= 15 is 0 Å². The number of hydrogen-bond acceptors (Lipinski definition) is 5. The van der Waals surface area contributed by atoms with Crippen molar-refractivity contribution < 1.29 is 9.94 Å². The second-order valence-electron chi connectivity index (χ2n) is 5.46. The van der Waals surface area contributed by atoms with Crippen LogP contribution in [-0.2, 0) is 11.9 Å². The van der Waals surface area contributed by atoms with Gasteiger partial charge < -0.3 is 14.5 Å². The molecule has 0 saturated carbocycles. The van der Waals surface area contributed by atoms with Gasteiger partial charge in [0.15, 0.2) is 6.10 Å². The van der Waals surface area contributed by atoms with Gasteiger partial charge in [0.2, 0.25) is 0 Å². The zero-order chi connectivity index (χ0) is 16.0. The van der Waals surface area contributed by atoms with Crippen LogP contribution in [0.15, 0.2) is 51.7 Å². The third-order valence-corrected chi connectivity index (χ3v) is 5.06. The highest BCUT2D eigenvalue weighted by atomic mass is 32.1. The lowest BCUT2D eigenvalue weighted by Gasteiger charge is -2.11. The smallest absolute Gasteiger partial charge is 0.263 e. The Balaban J connectivity index is 1.83. The minimum absolute atomic E-state index is 0.0297. The summed E-state index contributed by atoms with van der Waals surface area (Å²) in [5, 5.41) is 17.3. The van der Waals surface area contributed by atoms with Gasteiger partial charge in [0.05, 0.1) is 5.52 Å². The Kier molecular flexibility index (Phi) is 3.20. The molecule has 0 fully saturated rings. The number of benzene rings is 1. The van der Waals surface area contributed by atoms with Gasteiger partial charge in [-0.1, -0.05) is 23.4 Å². The molecule has 116 valence electrons. The van der Waals surface area contributed by atoms with Crippen LogP contribution >= 0.6 is 11.3 Å². The first kappa shape index (κ1) is 14.0. The molecule has 0 saturated heterocycles. The first-order chi connectivity index (χ1) is 11.2. The Labute approximate surface area is 136 Å². The van der Waals surface area contributed by atoms with Gasteiger partial charge in [-0.05, 0) is 23.6 Å². The highest BCUT2D eigenvalue weighted by Crippen LogP contribution is 2.35. The van der Waals surface area contributed by atoms with Gasteiger partial charge in [-0.25, -0.2) is 0 Å². The average Bonchev–Trinajstić information content (AvgIpc) is 3.24. The van der Waals surface area contributed by atoms with Gasteiger partial charge in [-0.15, -0.1) is 11.3 Å². The third-order valence-electron chi connectivity index (χ3n) is 4.09. The van der Waals surface area contributed by atoms with Crippen molar-refractivity contribution >= 4 is 28.0 Å². The molecule has 0 unspecified atom stereocenters. The Morgan fingerprint density at radius 3 is 2.91 bits per heavy atom. The van der Waals surface area contributed by atoms with Crippen LogP contribution in [0.1, 0.15) is 23.0 Å². The molecule has 1 atom stereocenters. The van der Waals surface area contributed by atoms with Crippen molar-refractivity contribution in [1.29, 1.82) is 0 Å². The van der Waals surface area contributed by atoms with Crippen LogP contribution in [-0.4, -0.2) is 15.4 Å². The summed E-state index contributed by atoms with van der Waals surface area (Å²) >= 11 is 1.59. The molecule has 4 rings (SSSR count). The van der Waals surface area contributed by atoms with Gasteiger partial charge in [-0.2, -0.15) is 0 Å². The second-order valence-corrected chi connectivity index (χ2v) is 6.44. The van der Waals surface area contributed by atoms with E-state index in [1.165, 1.54) is 4.57 Å². The molecule has 5 nitrogen and oxygen atoms in total. The molecule has 1 aliphatic rings. The molecule has 23 heavy (non-hydrogen) atoms. The maximum absolute atomic E-state index is 12.7. The Bertz CT molecular complexity index is 973. The van der Waals surface area contributed by atoms with E-state index in [2.05, 4.69) is 5.16 Å². The van der Waals surface area contributed by atoms with E-state index in [-0.39, 0.29) is 23.0 Å². The number of oxime groups is 1. The van der Waals surface area contributed by atoms with E-state index in [1.807, 2.05) is 35.7 Å². The first-order valence-corrected chi connectivity index (χ1v) is 8.12. The lowest BCUT2D eigenvalue weighted by atomic mass is 10.0. The quantitative estimate of drug-likeness (QED) is 0.787. The number of nitrogens with zero attached hydrogens (tertiary/aromatic N) is 2. The largest absolute Gasteiger partial charge is 0.506 e. The number of hydrogen-bond donors (Lipinski definition) is 1. The van der Waals surface area contributed by atoms with Crippen molar-refractivity contribution in [3.63, 3.8) is 0 Å². The normalized spacial score (nSPS) is 17.3. The lowest BCUT2D eigenvalue weighted by molar-refractivity contribution is 0.0883. The van der Waals surface area contributed by atoms with Crippen LogP contribution < -0.4 is 5.56 Å². The second kappa shape index (κ2) is 5.24. The van der Waals surface area contributed by atoms with Crippen molar-refractivity contribution in [2.45, 2.75) is 12.5 Å². The van der Waals surface area contributed by atoms with Crippen molar-refractivity contribution in [2.24, 2.45) is 12.2 Å². The molecular weight excluding hydrogens is 312 g/mol. The molecule has 3 aromatic rings. The molecule has 6 heteroatoms. The fourth-order valence-electron chi connectivity index (χ4n) is 2.89. The summed E-state index contributed by atoms with van der Waals surface area (Å²) in [7, 11) is 1.70. The number of rotatable bonds is 2. The molecule has 2 aromatic heterocycles. The van der Waals surface area contributed by atoms with Gasteiger partial charge in [0.25, 0.3) is 5.56 Å². The summed E-state index contributed by atoms with van der Waals surface area (Å²) in [5.74, 6) is -0.0297. The molecule has 3 heterocycles. The molecule has 0 amide bonds. The summed E-state index contributed by atoms with van der Waals surface area (Å²) in [6.45, 7) is 0. The number of aromatic hydroxyl groups is 1. The standard InChI is InChI=1S/C17H14N2O3S/c1-19-12-6-3-2-5-10(12)16(20)15(17(19)21)11-9-13(22-18-11)14-7-4-8-23-14/h2-8,13,20H,9H2,1H3/t13-/m1/s1. The zero-order valence-corrected chi connectivity index (χ0v) is 13.2. The van der Waals surface area contributed by atoms with Crippen LogP contribution in [0.5, 0.6) is 5.75 Å². The summed E-state index contributed by atoms with van der Waals surface area (Å²) in [6, 6.07) is 11.2. The van der Waals surface area contributed by atoms with Crippen molar-refractivity contribution in [1.82, 2.24) is 4.57 Å². The van der Waals surface area contributed by atoms with Crippen LogP contribution in [0.2, 0.25) is 0 Å². The maximum Gasteiger partial charge on any atom is 0.263 e. The highest BCUT2D eigenvalue weighted by Gasteiger charge is 2.29. The molecular formula is C17H14N2O3S. The average molecular weight is 326 g/mol. The molecule has 0 radical (unpaired) electrons. The molecule has 0 spiro atoms. The maximum atomic E-state index is 12.7. The molecule has 1 N–H and O–H groups in total. The Morgan fingerprint density at radius 1 is 1.30 bits per heavy atom. The van der Waals surface area contributed by atoms with E-state index in [9.17, 15) is 9.90 Å². The summed E-state index contributed by atoms with van der Waals surface area (Å²) in [6.07, 6.45) is 0.280. The molecule has 1 aromatic carbocycles. The predicted molar refractivity (Wildman–Crippen MR) is 90.2 cm³/mol.